The van der Waals surface area contributed by atoms with Crippen LogP contribution in [0.1, 0.15) is 5.56 Å². The minimum atomic E-state index is 0.436. The Kier molecular flexibility index (Phi) is 1.36. The van der Waals surface area contributed by atoms with Crippen molar-refractivity contribution in [2.75, 3.05) is 0 Å². The Hall–Kier alpha value is -1.02. The van der Waals surface area contributed by atoms with Gasteiger partial charge in [-0.05, 0) is 18.4 Å². The van der Waals surface area contributed by atoms with Crippen LogP contribution in [0.5, 0.6) is 5.06 Å². The van der Waals surface area contributed by atoms with E-state index in [0.29, 0.717) is 5.06 Å². The smallest absolute Gasteiger partial charge is 0.175 e. The Morgan fingerprint density at radius 3 is 2.73 bits per heavy atom. The van der Waals surface area contributed by atoms with Crippen LogP contribution in [0.2, 0.25) is 0 Å². The third kappa shape index (κ3) is 0.906. The fourth-order valence-corrected chi connectivity index (χ4v) is 2.11. The third-order valence-electron chi connectivity index (χ3n) is 1.82. The van der Waals surface area contributed by atoms with Crippen molar-refractivity contribution in [3.63, 3.8) is 0 Å². The molecule has 0 aliphatic heterocycles. The Balaban J connectivity index is 2.92. The molecule has 56 valence electrons. The maximum Gasteiger partial charge on any atom is 0.175 e. The summed E-state index contributed by atoms with van der Waals surface area (Å²) in [6.45, 7) is 1.94. The number of hydrogen-bond acceptors (Lipinski definition) is 2. The van der Waals surface area contributed by atoms with Crippen LogP contribution in [0.4, 0.5) is 0 Å². The molecular formula is C9H8OS. The van der Waals surface area contributed by atoms with Gasteiger partial charge < -0.3 is 5.11 Å². The van der Waals surface area contributed by atoms with E-state index >= 15 is 0 Å². The van der Waals surface area contributed by atoms with Gasteiger partial charge in [0.1, 0.15) is 0 Å². The molecule has 0 aliphatic carbocycles. The average Bonchev–Trinajstić information content (AvgIpc) is 2.30. The van der Waals surface area contributed by atoms with Gasteiger partial charge in [-0.25, -0.2) is 0 Å². The van der Waals surface area contributed by atoms with Gasteiger partial charge in [-0.2, -0.15) is 0 Å². The average molecular weight is 164 g/mol. The second kappa shape index (κ2) is 2.24. The number of aryl methyl sites for hydroxylation is 1. The highest BCUT2D eigenvalue weighted by Crippen LogP contribution is 2.35. The van der Waals surface area contributed by atoms with E-state index in [1.807, 2.05) is 31.2 Å². The van der Waals surface area contributed by atoms with Crippen LogP contribution in [-0.2, 0) is 0 Å². The molecule has 1 aromatic heterocycles. The Morgan fingerprint density at radius 2 is 2.00 bits per heavy atom. The highest BCUT2D eigenvalue weighted by Gasteiger charge is 2.04. The minimum Gasteiger partial charge on any atom is -0.499 e. The predicted molar refractivity (Wildman–Crippen MR) is 48.2 cm³/mol. The molecule has 1 N–H and O–H groups in total. The second-order valence-corrected chi connectivity index (χ2v) is 3.56. The normalized spacial score (nSPS) is 10.6. The molecule has 0 fully saturated rings. The van der Waals surface area contributed by atoms with Crippen LogP contribution >= 0.6 is 11.3 Å². The van der Waals surface area contributed by atoms with Crippen molar-refractivity contribution >= 4 is 21.4 Å². The van der Waals surface area contributed by atoms with Gasteiger partial charge in [0.2, 0.25) is 0 Å². The topological polar surface area (TPSA) is 20.2 Å². The summed E-state index contributed by atoms with van der Waals surface area (Å²) < 4.78 is 1.16. The van der Waals surface area contributed by atoms with Gasteiger partial charge in [-0.15, -0.1) is 0 Å². The highest BCUT2D eigenvalue weighted by molar-refractivity contribution is 7.20. The first-order valence-electron chi connectivity index (χ1n) is 3.46. The molecule has 0 spiro atoms. The zero-order valence-electron chi connectivity index (χ0n) is 6.16. The van der Waals surface area contributed by atoms with Crippen molar-refractivity contribution < 1.29 is 5.11 Å². The van der Waals surface area contributed by atoms with E-state index in [-0.39, 0.29) is 0 Å². The summed E-state index contributed by atoms with van der Waals surface area (Å²) in [5.74, 6) is 0. The van der Waals surface area contributed by atoms with E-state index in [1.54, 1.807) is 0 Å². The highest BCUT2D eigenvalue weighted by atomic mass is 32.1. The van der Waals surface area contributed by atoms with Crippen LogP contribution in [0.25, 0.3) is 10.1 Å². The van der Waals surface area contributed by atoms with Crippen molar-refractivity contribution in [1.29, 1.82) is 0 Å². The molecule has 1 heterocycles. The third-order valence-corrected chi connectivity index (χ3v) is 2.89. The number of hydrogen-bond donors (Lipinski definition) is 1. The lowest BCUT2D eigenvalue weighted by atomic mass is 10.2. The van der Waals surface area contributed by atoms with E-state index in [0.717, 1.165) is 15.6 Å². The summed E-state index contributed by atoms with van der Waals surface area (Å²) in [7, 11) is 0. The molecule has 2 heteroatoms. The number of fused-ring (bicyclic) bond motifs is 1. The molecule has 0 aliphatic rings. The molecule has 0 atom stereocenters. The zero-order valence-corrected chi connectivity index (χ0v) is 6.98. The van der Waals surface area contributed by atoms with E-state index in [4.69, 9.17) is 0 Å². The molecule has 2 rings (SSSR count). The summed E-state index contributed by atoms with van der Waals surface area (Å²) in [6, 6.07) is 8.02. The molecule has 1 nitrogen and oxygen atoms in total. The van der Waals surface area contributed by atoms with Gasteiger partial charge >= 0.3 is 0 Å². The summed E-state index contributed by atoms with van der Waals surface area (Å²) in [5, 5.41) is 11.0. The number of rotatable bonds is 0. The van der Waals surface area contributed by atoms with Gasteiger partial charge in [0.15, 0.2) is 5.06 Å². The van der Waals surface area contributed by atoms with Crippen LogP contribution in [0.15, 0.2) is 24.3 Å². The molecule has 0 unspecified atom stereocenters. The van der Waals surface area contributed by atoms with Crippen molar-refractivity contribution in [3.05, 3.63) is 29.8 Å². The second-order valence-electron chi connectivity index (χ2n) is 2.53. The first kappa shape index (κ1) is 6.68. The first-order chi connectivity index (χ1) is 5.29. The maximum atomic E-state index is 9.36. The number of aromatic hydroxyl groups is 1. The number of benzene rings is 1. The summed E-state index contributed by atoms with van der Waals surface area (Å²) in [4.78, 5) is 0. The SMILES string of the molecule is Cc1c(O)sc2ccccc12. The fraction of sp³-hybridized carbons (Fsp3) is 0.111. The zero-order chi connectivity index (χ0) is 7.84. The van der Waals surface area contributed by atoms with Gasteiger partial charge in [0.05, 0.1) is 0 Å². The standard InChI is InChI=1S/C9H8OS/c1-6-7-4-2-3-5-8(7)11-9(6)10/h2-5,10H,1H3. The summed E-state index contributed by atoms with van der Waals surface area (Å²) in [6.07, 6.45) is 0. The van der Waals surface area contributed by atoms with Crippen molar-refractivity contribution in [1.82, 2.24) is 0 Å². The van der Waals surface area contributed by atoms with Crippen LogP contribution in [0, 0.1) is 6.92 Å². The molecule has 11 heavy (non-hydrogen) atoms. The van der Waals surface area contributed by atoms with Gasteiger partial charge in [-0.3, -0.25) is 0 Å². The van der Waals surface area contributed by atoms with Crippen molar-refractivity contribution in [2.45, 2.75) is 6.92 Å². The molecule has 0 saturated heterocycles. The maximum absolute atomic E-state index is 9.36. The largest absolute Gasteiger partial charge is 0.499 e. The van der Waals surface area contributed by atoms with Gasteiger partial charge in [-0.1, -0.05) is 29.5 Å². The Morgan fingerprint density at radius 1 is 1.27 bits per heavy atom. The lowest BCUT2D eigenvalue weighted by Crippen LogP contribution is -1.65. The van der Waals surface area contributed by atoms with Gasteiger partial charge in [0, 0.05) is 10.3 Å². The number of thiophene rings is 1. The van der Waals surface area contributed by atoms with E-state index in [9.17, 15) is 5.11 Å². The lowest BCUT2D eigenvalue weighted by Gasteiger charge is -1.87. The molecule has 0 amide bonds. The Bertz CT molecular complexity index is 389. The fourth-order valence-electron chi connectivity index (χ4n) is 1.16. The quantitative estimate of drug-likeness (QED) is 0.634. The molecule has 2 aromatic rings. The van der Waals surface area contributed by atoms with Gasteiger partial charge in [0.25, 0.3) is 0 Å². The van der Waals surface area contributed by atoms with E-state index in [1.165, 1.54) is 11.3 Å². The summed E-state index contributed by atoms with van der Waals surface area (Å²) >= 11 is 1.43. The van der Waals surface area contributed by atoms with Crippen LogP contribution in [0.3, 0.4) is 0 Å². The molecule has 0 saturated carbocycles. The predicted octanol–water partition coefficient (Wildman–Crippen LogP) is 2.92. The van der Waals surface area contributed by atoms with E-state index in [2.05, 4.69) is 0 Å². The van der Waals surface area contributed by atoms with E-state index < -0.39 is 0 Å². The molecule has 1 aromatic carbocycles. The lowest BCUT2D eigenvalue weighted by molar-refractivity contribution is 0.487. The monoisotopic (exact) mass is 164 g/mol. The summed E-state index contributed by atoms with van der Waals surface area (Å²) in [5.41, 5.74) is 0.991. The first-order valence-corrected chi connectivity index (χ1v) is 4.28. The van der Waals surface area contributed by atoms with Crippen molar-refractivity contribution in [2.24, 2.45) is 0 Å². The Labute approximate surface area is 68.9 Å². The minimum absolute atomic E-state index is 0.436. The molecular weight excluding hydrogens is 156 g/mol. The molecule has 0 bridgehead atoms. The van der Waals surface area contributed by atoms with Crippen LogP contribution < -0.4 is 0 Å². The molecule has 0 radical (unpaired) electrons. The van der Waals surface area contributed by atoms with Crippen molar-refractivity contribution in [3.8, 4) is 5.06 Å². The van der Waals surface area contributed by atoms with Crippen LogP contribution in [-0.4, -0.2) is 5.11 Å².